The summed E-state index contributed by atoms with van der Waals surface area (Å²) >= 11 is 0. The van der Waals surface area contributed by atoms with E-state index in [0.29, 0.717) is 18.1 Å². The van der Waals surface area contributed by atoms with Crippen LogP contribution < -0.4 is 10.2 Å². The summed E-state index contributed by atoms with van der Waals surface area (Å²) in [5.41, 5.74) is 1.90. The van der Waals surface area contributed by atoms with E-state index in [0.717, 1.165) is 11.3 Å². The predicted octanol–water partition coefficient (Wildman–Crippen LogP) is 2.67. The van der Waals surface area contributed by atoms with E-state index in [-0.39, 0.29) is 18.2 Å². The smallest absolute Gasteiger partial charge is 0.227 e. The van der Waals surface area contributed by atoms with Crippen LogP contribution >= 0.6 is 0 Å². The third kappa shape index (κ3) is 4.18. The van der Waals surface area contributed by atoms with Gasteiger partial charge in [0.1, 0.15) is 5.76 Å². The van der Waals surface area contributed by atoms with Gasteiger partial charge in [-0.2, -0.15) is 0 Å². The summed E-state index contributed by atoms with van der Waals surface area (Å²) in [5, 5.41) is 6.33. The molecule has 22 heavy (non-hydrogen) atoms. The molecule has 0 aliphatic heterocycles. The molecule has 2 aromatic rings. The Labute approximate surface area is 129 Å². The maximum Gasteiger partial charge on any atom is 0.227 e. The molecule has 2 rings (SSSR count). The zero-order valence-corrected chi connectivity index (χ0v) is 12.9. The van der Waals surface area contributed by atoms with E-state index in [2.05, 4.69) is 10.5 Å². The molecule has 1 N–H and O–H groups in total. The zero-order chi connectivity index (χ0) is 16.1. The third-order valence-corrected chi connectivity index (χ3v) is 3.18. The first-order chi connectivity index (χ1) is 10.5. The Hall–Kier alpha value is -2.63. The van der Waals surface area contributed by atoms with Gasteiger partial charge in [-0.1, -0.05) is 22.9 Å². The van der Waals surface area contributed by atoms with E-state index < -0.39 is 0 Å². The summed E-state index contributed by atoms with van der Waals surface area (Å²) in [6.07, 6.45) is 0.180. The molecule has 0 radical (unpaired) electrons. The zero-order valence-electron chi connectivity index (χ0n) is 12.9. The lowest BCUT2D eigenvalue weighted by Crippen LogP contribution is -2.31. The van der Waals surface area contributed by atoms with Crippen molar-refractivity contribution in [1.82, 2.24) is 5.16 Å². The molecule has 0 saturated carbocycles. The van der Waals surface area contributed by atoms with E-state index in [9.17, 15) is 9.59 Å². The Balaban J connectivity index is 1.95. The molecular formula is C16H19N3O3. The fourth-order valence-corrected chi connectivity index (χ4v) is 2.04. The van der Waals surface area contributed by atoms with Gasteiger partial charge in [-0.25, -0.2) is 0 Å². The lowest BCUT2D eigenvalue weighted by atomic mass is 10.2. The Morgan fingerprint density at radius 2 is 1.91 bits per heavy atom. The fraction of sp³-hybridized carbons (Fsp3) is 0.312. The number of anilines is 2. The Morgan fingerprint density at radius 1 is 1.23 bits per heavy atom. The molecule has 0 bridgehead atoms. The quantitative estimate of drug-likeness (QED) is 0.921. The molecule has 0 spiro atoms. The molecule has 0 atom stereocenters. The highest BCUT2D eigenvalue weighted by molar-refractivity contribution is 5.94. The van der Waals surface area contributed by atoms with Crippen molar-refractivity contribution >= 4 is 23.3 Å². The number of hydrogen-bond acceptors (Lipinski definition) is 4. The van der Waals surface area contributed by atoms with Crippen molar-refractivity contribution in [2.45, 2.75) is 27.2 Å². The minimum atomic E-state index is -0.216. The second-order valence-corrected chi connectivity index (χ2v) is 5.13. The molecule has 1 heterocycles. The SMILES string of the molecule is CC(=O)N(CCC(=O)Nc1cc(C)on1)c1ccc(C)cc1. The van der Waals surface area contributed by atoms with Gasteiger partial charge in [-0.05, 0) is 26.0 Å². The van der Waals surface area contributed by atoms with Crippen molar-refractivity contribution in [2.24, 2.45) is 0 Å². The predicted molar refractivity (Wildman–Crippen MR) is 83.7 cm³/mol. The second-order valence-electron chi connectivity index (χ2n) is 5.13. The average Bonchev–Trinajstić information content (AvgIpc) is 2.86. The lowest BCUT2D eigenvalue weighted by Gasteiger charge is -2.21. The molecule has 0 fully saturated rings. The minimum absolute atomic E-state index is 0.103. The molecule has 0 aliphatic carbocycles. The summed E-state index contributed by atoms with van der Waals surface area (Å²) in [7, 11) is 0. The van der Waals surface area contributed by atoms with Crippen LogP contribution in [0, 0.1) is 13.8 Å². The van der Waals surface area contributed by atoms with Gasteiger partial charge >= 0.3 is 0 Å². The molecule has 6 nitrogen and oxygen atoms in total. The number of carbonyl (C=O) groups is 2. The van der Waals surface area contributed by atoms with E-state index in [1.54, 1.807) is 17.9 Å². The first kappa shape index (κ1) is 15.8. The van der Waals surface area contributed by atoms with Gasteiger partial charge in [-0.3, -0.25) is 9.59 Å². The molecule has 0 unspecified atom stereocenters. The summed E-state index contributed by atoms with van der Waals surface area (Å²) in [5.74, 6) is 0.688. The number of aromatic nitrogens is 1. The fourth-order valence-electron chi connectivity index (χ4n) is 2.04. The first-order valence-electron chi connectivity index (χ1n) is 7.03. The van der Waals surface area contributed by atoms with Gasteiger partial charge in [0.05, 0.1) is 0 Å². The van der Waals surface area contributed by atoms with Crippen molar-refractivity contribution in [3.63, 3.8) is 0 Å². The highest BCUT2D eigenvalue weighted by Crippen LogP contribution is 2.16. The van der Waals surface area contributed by atoms with Crippen molar-refractivity contribution in [3.05, 3.63) is 41.7 Å². The van der Waals surface area contributed by atoms with Gasteiger partial charge in [0.15, 0.2) is 5.82 Å². The van der Waals surface area contributed by atoms with E-state index >= 15 is 0 Å². The monoisotopic (exact) mass is 301 g/mol. The lowest BCUT2D eigenvalue weighted by molar-refractivity contribution is -0.117. The van der Waals surface area contributed by atoms with Gasteiger partial charge in [0, 0.05) is 31.6 Å². The highest BCUT2D eigenvalue weighted by atomic mass is 16.5. The highest BCUT2D eigenvalue weighted by Gasteiger charge is 2.14. The molecule has 116 valence electrons. The number of benzene rings is 1. The number of nitrogens with zero attached hydrogens (tertiary/aromatic N) is 2. The number of amides is 2. The van der Waals surface area contributed by atoms with Crippen LogP contribution in [-0.4, -0.2) is 23.5 Å². The van der Waals surface area contributed by atoms with Crippen LogP contribution in [0.15, 0.2) is 34.9 Å². The maximum absolute atomic E-state index is 11.9. The van der Waals surface area contributed by atoms with Gasteiger partial charge in [0.2, 0.25) is 11.8 Å². The van der Waals surface area contributed by atoms with Crippen LogP contribution in [0.3, 0.4) is 0 Å². The Morgan fingerprint density at radius 3 is 2.45 bits per heavy atom. The molecular weight excluding hydrogens is 282 g/mol. The summed E-state index contributed by atoms with van der Waals surface area (Å²) in [6, 6.07) is 9.25. The molecule has 0 saturated heterocycles. The Kier molecular flexibility index (Phi) is 4.93. The summed E-state index contributed by atoms with van der Waals surface area (Å²) < 4.78 is 4.88. The normalized spacial score (nSPS) is 10.3. The van der Waals surface area contributed by atoms with Crippen LogP contribution in [0.5, 0.6) is 0 Å². The largest absolute Gasteiger partial charge is 0.360 e. The second kappa shape index (κ2) is 6.89. The number of carbonyl (C=O) groups excluding carboxylic acids is 2. The summed E-state index contributed by atoms with van der Waals surface area (Å²) in [6.45, 7) is 5.52. The van der Waals surface area contributed by atoms with Crippen LogP contribution in [0.25, 0.3) is 0 Å². The van der Waals surface area contributed by atoms with E-state index in [1.807, 2.05) is 31.2 Å². The molecule has 6 heteroatoms. The van der Waals surface area contributed by atoms with Crippen LogP contribution in [0.4, 0.5) is 11.5 Å². The van der Waals surface area contributed by atoms with Crippen LogP contribution in [-0.2, 0) is 9.59 Å². The number of aryl methyl sites for hydroxylation is 2. The van der Waals surface area contributed by atoms with Gasteiger partial charge in [0.25, 0.3) is 0 Å². The standard InChI is InChI=1S/C16H19N3O3/c1-11-4-6-14(7-5-11)19(13(3)20)9-8-16(21)17-15-10-12(2)22-18-15/h4-7,10H,8-9H2,1-3H3,(H,17,18,21). The number of rotatable bonds is 5. The Bertz CT molecular complexity index is 662. The molecule has 1 aromatic carbocycles. The average molecular weight is 301 g/mol. The van der Waals surface area contributed by atoms with Crippen molar-refractivity contribution in [3.8, 4) is 0 Å². The van der Waals surface area contributed by atoms with Crippen molar-refractivity contribution in [1.29, 1.82) is 0 Å². The van der Waals surface area contributed by atoms with Crippen LogP contribution in [0.2, 0.25) is 0 Å². The molecule has 2 amide bonds. The maximum atomic E-state index is 11.9. The first-order valence-corrected chi connectivity index (χ1v) is 7.03. The van der Waals surface area contributed by atoms with Gasteiger partial charge in [-0.15, -0.1) is 0 Å². The molecule has 1 aromatic heterocycles. The summed E-state index contributed by atoms with van der Waals surface area (Å²) in [4.78, 5) is 25.3. The minimum Gasteiger partial charge on any atom is -0.360 e. The van der Waals surface area contributed by atoms with E-state index in [1.165, 1.54) is 6.92 Å². The van der Waals surface area contributed by atoms with Crippen molar-refractivity contribution < 1.29 is 14.1 Å². The molecule has 0 aliphatic rings. The van der Waals surface area contributed by atoms with Crippen molar-refractivity contribution in [2.75, 3.05) is 16.8 Å². The topological polar surface area (TPSA) is 75.4 Å². The number of hydrogen-bond donors (Lipinski definition) is 1. The van der Waals surface area contributed by atoms with Gasteiger partial charge < -0.3 is 14.7 Å². The van der Waals surface area contributed by atoms with Crippen LogP contribution in [0.1, 0.15) is 24.7 Å². The third-order valence-electron chi connectivity index (χ3n) is 3.18. The number of nitrogens with one attached hydrogen (secondary N) is 1. The van der Waals surface area contributed by atoms with E-state index in [4.69, 9.17) is 4.52 Å².